The van der Waals surface area contributed by atoms with Gasteiger partial charge in [-0.1, -0.05) is 13.8 Å². The fourth-order valence-electron chi connectivity index (χ4n) is 2.19. The predicted molar refractivity (Wildman–Crippen MR) is 67.0 cm³/mol. The third kappa shape index (κ3) is 4.82. The summed E-state index contributed by atoms with van der Waals surface area (Å²) in [6.45, 7) is 7.18. The quantitative estimate of drug-likeness (QED) is 0.803. The van der Waals surface area contributed by atoms with E-state index in [-0.39, 0.29) is 11.6 Å². The van der Waals surface area contributed by atoms with Gasteiger partial charge in [-0.2, -0.15) is 0 Å². The molecule has 0 saturated heterocycles. The Morgan fingerprint density at radius 2 is 1.94 bits per heavy atom. The fraction of sp³-hybridized carbons (Fsp3) is 0.571. The molecular formula is C14H21F2N. The second kappa shape index (κ2) is 6.70. The van der Waals surface area contributed by atoms with E-state index in [4.69, 9.17) is 0 Å². The summed E-state index contributed by atoms with van der Waals surface area (Å²) >= 11 is 0. The smallest absolute Gasteiger partial charge is 0.126 e. The van der Waals surface area contributed by atoms with E-state index < -0.39 is 0 Å². The van der Waals surface area contributed by atoms with Gasteiger partial charge in [0.15, 0.2) is 0 Å². The zero-order valence-electron chi connectivity index (χ0n) is 10.8. The molecule has 0 aliphatic rings. The first-order chi connectivity index (χ1) is 8.02. The third-order valence-electron chi connectivity index (χ3n) is 2.88. The van der Waals surface area contributed by atoms with E-state index in [1.165, 1.54) is 12.1 Å². The Balaban J connectivity index is 2.55. The number of hydrogen-bond acceptors (Lipinski definition) is 1. The van der Waals surface area contributed by atoms with Crippen LogP contribution in [0.15, 0.2) is 18.2 Å². The Kier molecular flexibility index (Phi) is 5.56. The van der Waals surface area contributed by atoms with Crippen molar-refractivity contribution in [2.24, 2.45) is 5.92 Å². The first kappa shape index (κ1) is 14.1. The Bertz CT molecular complexity index is 352. The summed E-state index contributed by atoms with van der Waals surface area (Å²) in [5, 5.41) is 3.32. The van der Waals surface area contributed by atoms with Crippen molar-refractivity contribution < 1.29 is 8.78 Å². The summed E-state index contributed by atoms with van der Waals surface area (Å²) in [5.41, 5.74) is 0.473. The Labute approximate surface area is 102 Å². The molecule has 0 heterocycles. The van der Waals surface area contributed by atoms with E-state index in [0.29, 0.717) is 23.9 Å². The summed E-state index contributed by atoms with van der Waals surface area (Å²) in [6, 6.07) is 4.06. The molecule has 1 aromatic carbocycles. The molecule has 96 valence electrons. The topological polar surface area (TPSA) is 12.0 Å². The van der Waals surface area contributed by atoms with Gasteiger partial charge in [-0.05, 0) is 56.0 Å². The van der Waals surface area contributed by atoms with Crippen molar-refractivity contribution in [1.29, 1.82) is 0 Å². The lowest BCUT2D eigenvalue weighted by Gasteiger charge is -2.18. The summed E-state index contributed by atoms with van der Waals surface area (Å²) in [4.78, 5) is 0. The van der Waals surface area contributed by atoms with Crippen molar-refractivity contribution in [3.63, 3.8) is 0 Å². The normalized spacial score (nSPS) is 14.6. The average Bonchev–Trinajstić information content (AvgIpc) is 2.23. The van der Waals surface area contributed by atoms with E-state index in [9.17, 15) is 8.78 Å². The van der Waals surface area contributed by atoms with Crippen molar-refractivity contribution in [1.82, 2.24) is 5.32 Å². The van der Waals surface area contributed by atoms with Crippen molar-refractivity contribution >= 4 is 0 Å². The van der Waals surface area contributed by atoms with Crippen LogP contribution in [0.5, 0.6) is 0 Å². The first-order valence-electron chi connectivity index (χ1n) is 6.20. The average molecular weight is 241 g/mol. The zero-order valence-corrected chi connectivity index (χ0v) is 10.8. The van der Waals surface area contributed by atoms with Crippen LogP contribution in [0.4, 0.5) is 8.78 Å². The van der Waals surface area contributed by atoms with Crippen molar-refractivity contribution in [2.75, 3.05) is 6.54 Å². The van der Waals surface area contributed by atoms with Gasteiger partial charge in [-0.3, -0.25) is 0 Å². The molecule has 0 aliphatic heterocycles. The van der Waals surface area contributed by atoms with Crippen LogP contribution in [0.2, 0.25) is 0 Å². The van der Waals surface area contributed by atoms with Gasteiger partial charge in [0.05, 0.1) is 0 Å². The molecule has 0 radical (unpaired) electrons. The summed E-state index contributed by atoms with van der Waals surface area (Å²) < 4.78 is 26.4. The number of rotatable bonds is 6. The maximum absolute atomic E-state index is 13.4. The van der Waals surface area contributed by atoms with Crippen LogP contribution < -0.4 is 5.32 Å². The largest absolute Gasteiger partial charge is 0.315 e. The maximum atomic E-state index is 13.4. The van der Waals surface area contributed by atoms with Crippen LogP contribution in [-0.4, -0.2) is 12.6 Å². The molecule has 0 saturated carbocycles. The van der Waals surface area contributed by atoms with E-state index >= 15 is 0 Å². The van der Waals surface area contributed by atoms with Crippen molar-refractivity contribution in [3.8, 4) is 0 Å². The molecule has 3 heteroatoms. The van der Waals surface area contributed by atoms with Crippen molar-refractivity contribution in [3.05, 3.63) is 35.4 Å². The molecule has 1 nitrogen and oxygen atoms in total. The standard InChI is InChI=1S/C14H21F2N/c1-4-17-11(3)7-10(2)8-12-9-13(15)5-6-14(12)16/h5-6,9-11,17H,4,7-8H2,1-3H3. The second-order valence-corrected chi connectivity index (χ2v) is 4.74. The van der Waals surface area contributed by atoms with Gasteiger partial charge in [-0.25, -0.2) is 8.78 Å². The van der Waals surface area contributed by atoms with Crippen LogP contribution >= 0.6 is 0 Å². The molecule has 0 aromatic heterocycles. The second-order valence-electron chi connectivity index (χ2n) is 4.74. The molecule has 1 rings (SSSR count). The summed E-state index contributed by atoms with van der Waals surface area (Å²) in [5.74, 6) is -0.344. The lowest BCUT2D eigenvalue weighted by molar-refractivity contribution is 0.420. The van der Waals surface area contributed by atoms with Gasteiger partial charge in [0, 0.05) is 6.04 Å². The van der Waals surface area contributed by atoms with Crippen molar-refractivity contribution in [2.45, 2.75) is 39.7 Å². The SMILES string of the molecule is CCNC(C)CC(C)Cc1cc(F)ccc1F. The molecule has 1 N–H and O–H groups in total. The predicted octanol–water partition coefficient (Wildman–Crippen LogP) is 3.53. The summed E-state index contributed by atoms with van der Waals surface area (Å²) in [6.07, 6.45) is 1.54. The highest BCUT2D eigenvalue weighted by molar-refractivity contribution is 5.19. The van der Waals surface area contributed by atoms with E-state index in [1.807, 2.05) is 0 Å². The first-order valence-corrected chi connectivity index (χ1v) is 6.20. The lowest BCUT2D eigenvalue weighted by atomic mass is 9.94. The van der Waals surface area contributed by atoms with E-state index in [1.54, 1.807) is 0 Å². The number of hydrogen-bond donors (Lipinski definition) is 1. The highest BCUT2D eigenvalue weighted by atomic mass is 19.1. The Morgan fingerprint density at radius 3 is 2.59 bits per heavy atom. The van der Waals surface area contributed by atoms with Crippen LogP contribution in [-0.2, 0) is 6.42 Å². The van der Waals surface area contributed by atoms with Crippen LogP contribution in [0.25, 0.3) is 0 Å². The molecule has 2 atom stereocenters. The van der Waals surface area contributed by atoms with Crippen LogP contribution in [0.1, 0.15) is 32.8 Å². The number of halogens is 2. The highest BCUT2D eigenvalue weighted by Crippen LogP contribution is 2.17. The lowest BCUT2D eigenvalue weighted by Crippen LogP contribution is -2.27. The monoisotopic (exact) mass is 241 g/mol. The molecule has 1 aromatic rings. The zero-order chi connectivity index (χ0) is 12.8. The van der Waals surface area contributed by atoms with E-state index in [0.717, 1.165) is 19.0 Å². The summed E-state index contributed by atoms with van der Waals surface area (Å²) in [7, 11) is 0. The Morgan fingerprint density at radius 1 is 1.24 bits per heavy atom. The minimum atomic E-state index is -0.367. The molecule has 0 spiro atoms. The van der Waals surface area contributed by atoms with Gasteiger partial charge >= 0.3 is 0 Å². The van der Waals surface area contributed by atoms with Gasteiger partial charge in [0.2, 0.25) is 0 Å². The van der Waals surface area contributed by atoms with Gasteiger partial charge in [0.25, 0.3) is 0 Å². The number of nitrogens with one attached hydrogen (secondary N) is 1. The van der Waals surface area contributed by atoms with Gasteiger partial charge in [-0.15, -0.1) is 0 Å². The molecule has 0 fully saturated rings. The molecule has 2 unspecified atom stereocenters. The molecule has 0 bridgehead atoms. The highest BCUT2D eigenvalue weighted by Gasteiger charge is 2.11. The molecule has 0 amide bonds. The third-order valence-corrected chi connectivity index (χ3v) is 2.88. The fourth-order valence-corrected chi connectivity index (χ4v) is 2.19. The number of benzene rings is 1. The molecular weight excluding hydrogens is 220 g/mol. The van der Waals surface area contributed by atoms with Crippen LogP contribution in [0, 0.1) is 17.6 Å². The molecule has 17 heavy (non-hydrogen) atoms. The van der Waals surface area contributed by atoms with Crippen LogP contribution in [0.3, 0.4) is 0 Å². The molecule has 0 aliphatic carbocycles. The van der Waals surface area contributed by atoms with Gasteiger partial charge < -0.3 is 5.32 Å². The minimum Gasteiger partial charge on any atom is -0.315 e. The van der Waals surface area contributed by atoms with E-state index in [2.05, 4.69) is 26.1 Å². The minimum absolute atomic E-state index is 0.311. The maximum Gasteiger partial charge on any atom is 0.126 e. The van der Waals surface area contributed by atoms with Gasteiger partial charge in [0.1, 0.15) is 11.6 Å². The Hall–Kier alpha value is -0.960.